The first kappa shape index (κ1) is 26.3. The number of urea groups is 1. The number of likely N-dealkylation sites (tertiary alicyclic amines) is 1. The average molecular weight is 484 g/mol. The Morgan fingerprint density at radius 3 is 2.46 bits per heavy atom. The molecule has 0 spiro atoms. The highest BCUT2D eigenvalue weighted by atomic mass is 16.5. The second-order valence-corrected chi connectivity index (χ2v) is 11.1. The Balaban J connectivity index is 1.47. The van der Waals surface area contributed by atoms with E-state index < -0.39 is 0 Å². The van der Waals surface area contributed by atoms with Gasteiger partial charge in [-0.05, 0) is 67.7 Å². The number of carbonyl (C=O) groups excluding carboxylic acids is 1. The maximum Gasteiger partial charge on any atom is 0.320 e. The molecule has 0 bridgehead atoms. The lowest BCUT2D eigenvalue weighted by molar-refractivity contribution is -0.00150. The van der Waals surface area contributed by atoms with E-state index in [-0.39, 0.29) is 0 Å². The smallest absolute Gasteiger partial charge is 0.320 e. The fourth-order valence-electron chi connectivity index (χ4n) is 6.74. The maximum atomic E-state index is 14.0. The van der Waals surface area contributed by atoms with Gasteiger partial charge < -0.3 is 14.5 Å². The second-order valence-electron chi connectivity index (χ2n) is 11.1. The normalized spacial score (nSPS) is 23.9. The highest BCUT2D eigenvalue weighted by Crippen LogP contribution is 2.43. The van der Waals surface area contributed by atoms with Crippen LogP contribution in [0.4, 0.5) is 4.79 Å². The minimum Gasteiger partial charge on any atom is -0.497 e. The Morgan fingerprint density at radius 1 is 1.03 bits per heavy atom. The zero-order valence-electron chi connectivity index (χ0n) is 22.6. The largest absolute Gasteiger partial charge is 0.497 e. The van der Waals surface area contributed by atoms with Crippen LogP contribution in [0.15, 0.2) is 18.2 Å². The Hall–Kier alpha value is -1.75. The van der Waals surface area contributed by atoms with E-state index >= 15 is 0 Å². The summed E-state index contributed by atoms with van der Waals surface area (Å²) in [6.07, 6.45) is 14.4. The summed E-state index contributed by atoms with van der Waals surface area (Å²) in [4.78, 5) is 21.2. The van der Waals surface area contributed by atoms with E-state index in [2.05, 4.69) is 46.7 Å². The van der Waals surface area contributed by atoms with Crippen LogP contribution in [0.5, 0.6) is 5.75 Å². The summed E-state index contributed by atoms with van der Waals surface area (Å²) in [6.45, 7) is 9.57. The van der Waals surface area contributed by atoms with Crippen molar-refractivity contribution in [1.82, 2.24) is 14.7 Å². The first-order chi connectivity index (χ1) is 17.2. The number of carbonyl (C=O) groups is 1. The molecule has 35 heavy (non-hydrogen) atoms. The van der Waals surface area contributed by atoms with Crippen LogP contribution in [0.25, 0.3) is 0 Å². The summed E-state index contributed by atoms with van der Waals surface area (Å²) in [6, 6.07) is 7.77. The predicted octanol–water partition coefficient (Wildman–Crippen LogP) is 6.66. The van der Waals surface area contributed by atoms with Crippen LogP contribution in [0.3, 0.4) is 0 Å². The number of unbranched alkanes of at least 4 members (excludes halogenated alkanes) is 6. The van der Waals surface area contributed by atoms with E-state index in [0.717, 1.165) is 70.6 Å². The van der Waals surface area contributed by atoms with Crippen LogP contribution in [-0.4, -0.2) is 66.6 Å². The molecule has 3 aliphatic heterocycles. The third-order valence-electron chi connectivity index (χ3n) is 8.75. The molecule has 0 aliphatic carbocycles. The van der Waals surface area contributed by atoms with Gasteiger partial charge >= 0.3 is 6.03 Å². The number of methoxy groups -OCH3 is 1. The molecule has 3 unspecified atom stereocenters. The lowest BCUT2D eigenvalue weighted by Crippen LogP contribution is -2.59. The Labute approximate surface area is 214 Å². The molecule has 3 aliphatic rings. The van der Waals surface area contributed by atoms with Gasteiger partial charge in [0.2, 0.25) is 0 Å². The highest BCUT2D eigenvalue weighted by Gasteiger charge is 2.44. The molecule has 1 aromatic rings. The molecule has 3 heterocycles. The van der Waals surface area contributed by atoms with Gasteiger partial charge in [0, 0.05) is 44.8 Å². The fourth-order valence-corrected chi connectivity index (χ4v) is 6.74. The van der Waals surface area contributed by atoms with Gasteiger partial charge in [-0.1, -0.05) is 58.4 Å². The first-order valence-corrected chi connectivity index (χ1v) is 14.6. The van der Waals surface area contributed by atoms with Crippen LogP contribution < -0.4 is 4.74 Å². The Bertz CT molecular complexity index is 801. The number of ether oxygens (including phenoxy) is 1. The van der Waals surface area contributed by atoms with Crippen molar-refractivity contribution >= 4 is 6.03 Å². The molecule has 5 heteroatoms. The molecule has 0 radical (unpaired) electrons. The van der Waals surface area contributed by atoms with Gasteiger partial charge in [0.05, 0.1) is 7.11 Å². The van der Waals surface area contributed by atoms with Crippen molar-refractivity contribution in [3.63, 3.8) is 0 Å². The van der Waals surface area contributed by atoms with Crippen molar-refractivity contribution in [1.29, 1.82) is 0 Å². The van der Waals surface area contributed by atoms with Crippen molar-refractivity contribution in [2.24, 2.45) is 5.92 Å². The van der Waals surface area contributed by atoms with Gasteiger partial charge in [-0.15, -0.1) is 0 Å². The zero-order chi connectivity index (χ0) is 24.6. The monoisotopic (exact) mass is 483 g/mol. The van der Waals surface area contributed by atoms with Gasteiger partial charge in [0.1, 0.15) is 5.75 Å². The summed E-state index contributed by atoms with van der Waals surface area (Å²) in [5, 5.41) is 0. The van der Waals surface area contributed by atoms with E-state index in [1.807, 2.05) is 0 Å². The van der Waals surface area contributed by atoms with Crippen molar-refractivity contribution in [2.45, 2.75) is 103 Å². The molecule has 0 saturated carbocycles. The van der Waals surface area contributed by atoms with Crippen LogP contribution in [0.2, 0.25) is 0 Å². The summed E-state index contributed by atoms with van der Waals surface area (Å²) in [7, 11) is 1.75. The summed E-state index contributed by atoms with van der Waals surface area (Å²) in [5.41, 5.74) is 2.90. The molecule has 0 aromatic heterocycles. The lowest BCUT2D eigenvalue weighted by atomic mass is 9.76. The predicted molar refractivity (Wildman–Crippen MR) is 144 cm³/mol. The van der Waals surface area contributed by atoms with Crippen LogP contribution >= 0.6 is 0 Å². The van der Waals surface area contributed by atoms with E-state index in [0.29, 0.717) is 24.0 Å². The number of amides is 2. The lowest BCUT2D eigenvalue weighted by Gasteiger charge is -2.53. The minimum atomic E-state index is 0.326. The Morgan fingerprint density at radius 2 is 1.77 bits per heavy atom. The summed E-state index contributed by atoms with van der Waals surface area (Å²) >= 11 is 0. The van der Waals surface area contributed by atoms with Crippen LogP contribution in [0.1, 0.15) is 102 Å². The van der Waals surface area contributed by atoms with Gasteiger partial charge in [-0.3, -0.25) is 4.90 Å². The van der Waals surface area contributed by atoms with Crippen molar-refractivity contribution in [3.05, 3.63) is 29.3 Å². The molecule has 2 saturated heterocycles. The SMILES string of the molecule is CCCCCCN(CCCCCC)C(=O)N1CCCC2CN3CCc4cc(OC)ccc4C3CC21. The molecule has 2 fully saturated rings. The van der Waals surface area contributed by atoms with Crippen molar-refractivity contribution < 1.29 is 9.53 Å². The molecule has 3 atom stereocenters. The first-order valence-electron chi connectivity index (χ1n) is 14.6. The molecular weight excluding hydrogens is 434 g/mol. The molecule has 0 N–H and O–H groups in total. The van der Waals surface area contributed by atoms with Crippen molar-refractivity contribution in [2.75, 3.05) is 39.8 Å². The molecule has 2 amide bonds. The number of nitrogens with zero attached hydrogens (tertiary/aromatic N) is 3. The molecule has 4 rings (SSSR count). The van der Waals surface area contributed by atoms with E-state index in [4.69, 9.17) is 4.74 Å². The summed E-state index contributed by atoms with van der Waals surface area (Å²) < 4.78 is 5.50. The molecule has 1 aromatic carbocycles. The van der Waals surface area contributed by atoms with Crippen LogP contribution in [-0.2, 0) is 6.42 Å². The minimum absolute atomic E-state index is 0.326. The van der Waals surface area contributed by atoms with Gasteiger partial charge in [-0.25, -0.2) is 4.79 Å². The fraction of sp³-hybridized carbons (Fsp3) is 0.767. The maximum absolute atomic E-state index is 14.0. The molecule has 5 nitrogen and oxygen atoms in total. The molecule has 196 valence electrons. The Kier molecular flexibility index (Phi) is 9.76. The third-order valence-corrected chi connectivity index (χ3v) is 8.75. The summed E-state index contributed by atoms with van der Waals surface area (Å²) in [5.74, 6) is 1.58. The number of piperidine rings is 2. The van der Waals surface area contributed by atoms with Crippen LogP contribution in [0, 0.1) is 5.92 Å². The average Bonchev–Trinajstić information content (AvgIpc) is 2.90. The van der Waals surface area contributed by atoms with E-state index in [1.165, 1.54) is 56.1 Å². The topological polar surface area (TPSA) is 36.0 Å². The number of rotatable bonds is 11. The highest BCUT2D eigenvalue weighted by molar-refractivity contribution is 5.75. The van der Waals surface area contributed by atoms with Gasteiger partial charge in [0.15, 0.2) is 0 Å². The van der Waals surface area contributed by atoms with Gasteiger partial charge in [0.25, 0.3) is 0 Å². The number of fused-ring (bicyclic) bond motifs is 4. The standard InChI is InChI=1S/C30H49N3O2/c1-4-6-8-10-17-31(18-11-9-7-5-2)30(34)33-19-12-13-25-23-32-20-16-24-21-26(35-3)14-15-27(24)29(32)22-28(25)33/h14-15,21,25,28-29H,4-13,16-20,22-23H2,1-3H3. The van der Waals surface area contributed by atoms with Gasteiger partial charge in [-0.2, -0.15) is 0 Å². The number of hydrogen-bond donors (Lipinski definition) is 0. The van der Waals surface area contributed by atoms with Crippen molar-refractivity contribution in [3.8, 4) is 5.75 Å². The zero-order valence-corrected chi connectivity index (χ0v) is 22.6. The number of hydrogen-bond acceptors (Lipinski definition) is 3. The van der Waals surface area contributed by atoms with E-state index in [9.17, 15) is 4.79 Å². The second kappa shape index (κ2) is 13.0. The number of benzene rings is 1. The quantitative estimate of drug-likeness (QED) is 0.330. The van der Waals surface area contributed by atoms with E-state index in [1.54, 1.807) is 7.11 Å². The third kappa shape index (κ3) is 6.34. The molecular formula is C30H49N3O2.